The molecular weight excluding hydrogens is 336 g/mol. The molecule has 0 spiro atoms. The van der Waals surface area contributed by atoms with Crippen molar-refractivity contribution in [3.63, 3.8) is 0 Å². The first-order valence-electron chi connectivity index (χ1n) is 8.20. The molecule has 0 saturated carbocycles. The van der Waals surface area contributed by atoms with Gasteiger partial charge in [-0.1, -0.05) is 30.9 Å². The highest BCUT2D eigenvalue weighted by Gasteiger charge is 2.50. The van der Waals surface area contributed by atoms with Gasteiger partial charge >= 0.3 is 8.80 Å². The van der Waals surface area contributed by atoms with Crippen LogP contribution in [0.15, 0.2) is 24.8 Å². The van der Waals surface area contributed by atoms with E-state index in [1.54, 1.807) is 0 Å². The third-order valence-electron chi connectivity index (χ3n) is 3.03. The molecule has 0 radical (unpaired) electrons. The number of rotatable bonds is 8. The van der Waals surface area contributed by atoms with Crippen molar-refractivity contribution >= 4 is 36.7 Å². The fraction of sp³-hybridized carbons (Fsp3) is 0.529. The van der Waals surface area contributed by atoms with Crippen LogP contribution in [0.5, 0.6) is 0 Å². The molecule has 0 aliphatic heterocycles. The molecule has 0 saturated heterocycles. The SMILES string of the molecule is C=Cc1ccc([Si](OCC)(O[Si](C)(C)C)O[Si](C)(C)C)c(C)c1. The average Bonchev–Trinajstić information content (AvgIpc) is 2.34. The fourth-order valence-corrected chi connectivity index (χ4v) is 12.1. The minimum absolute atomic E-state index is 0.587. The van der Waals surface area contributed by atoms with E-state index in [-0.39, 0.29) is 0 Å². The van der Waals surface area contributed by atoms with E-state index in [0.717, 1.165) is 16.3 Å². The van der Waals surface area contributed by atoms with E-state index in [9.17, 15) is 0 Å². The van der Waals surface area contributed by atoms with E-state index in [4.69, 9.17) is 12.7 Å². The van der Waals surface area contributed by atoms with Crippen LogP contribution in [0.25, 0.3) is 6.08 Å². The first-order chi connectivity index (χ1) is 10.4. The minimum Gasteiger partial charge on any atom is -0.413 e. The predicted octanol–water partition coefficient (Wildman–Crippen LogP) is 4.52. The summed E-state index contributed by atoms with van der Waals surface area (Å²) in [6, 6.07) is 6.30. The summed E-state index contributed by atoms with van der Waals surface area (Å²) < 4.78 is 19.5. The smallest absolute Gasteiger partial charge is 0.413 e. The van der Waals surface area contributed by atoms with Crippen molar-refractivity contribution in [2.75, 3.05) is 6.61 Å². The van der Waals surface area contributed by atoms with Gasteiger partial charge < -0.3 is 12.7 Å². The predicted molar refractivity (Wildman–Crippen MR) is 107 cm³/mol. The molecule has 23 heavy (non-hydrogen) atoms. The Morgan fingerprint density at radius 2 is 1.52 bits per heavy atom. The molecule has 0 atom stereocenters. The normalized spacial score (nSPS) is 13.2. The zero-order valence-electron chi connectivity index (χ0n) is 15.9. The van der Waals surface area contributed by atoms with E-state index in [1.807, 2.05) is 13.0 Å². The summed E-state index contributed by atoms with van der Waals surface area (Å²) in [5, 5.41) is 1.09. The molecule has 0 bridgehead atoms. The van der Waals surface area contributed by atoms with Gasteiger partial charge in [0, 0.05) is 11.8 Å². The maximum absolute atomic E-state index is 6.62. The first kappa shape index (κ1) is 20.5. The molecule has 0 aliphatic rings. The molecule has 6 heteroatoms. The Kier molecular flexibility index (Phi) is 6.77. The average molecular weight is 369 g/mol. The van der Waals surface area contributed by atoms with Gasteiger partial charge in [0.1, 0.15) is 0 Å². The van der Waals surface area contributed by atoms with Gasteiger partial charge in [-0.05, 0) is 64.3 Å². The van der Waals surface area contributed by atoms with Crippen LogP contribution in [0.3, 0.4) is 0 Å². The van der Waals surface area contributed by atoms with Crippen LogP contribution < -0.4 is 5.19 Å². The maximum atomic E-state index is 6.62. The number of hydrogen-bond acceptors (Lipinski definition) is 3. The molecule has 130 valence electrons. The summed E-state index contributed by atoms with van der Waals surface area (Å²) in [6.07, 6.45) is 1.86. The van der Waals surface area contributed by atoms with Gasteiger partial charge in [0.25, 0.3) is 0 Å². The van der Waals surface area contributed by atoms with E-state index in [0.29, 0.717) is 6.61 Å². The zero-order chi connectivity index (χ0) is 17.9. The Bertz CT molecular complexity index is 529. The van der Waals surface area contributed by atoms with Crippen molar-refractivity contribution in [2.45, 2.75) is 53.1 Å². The van der Waals surface area contributed by atoms with Crippen molar-refractivity contribution in [3.8, 4) is 0 Å². The molecule has 0 aromatic heterocycles. The molecule has 3 nitrogen and oxygen atoms in total. The standard InChI is InChI=1S/C17H32O3Si3/c1-10-16-12-13-17(15(3)14-16)23(18-11-2,19-21(4,5)6)20-22(7,8)9/h10,12-14H,1,11H2,2-9H3. The first-order valence-corrected chi connectivity index (χ1v) is 16.7. The van der Waals surface area contributed by atoms with Gasteiger partial charge in [-0.25, -0.2) is 0 Å². The van der Waals surface area contributed by atoms with Crippen molar-refractivity contribution in [1.29, 1.82) is 0 Å². The van der Waals surface area contributed by atoms with E-state index >= 15 is 0 Å². The number of hydrogen-bond donors (Lipinski definition) is 0. The lowest BCUT2D eigenvalue weighted by Gasteiger charge is -2.40. The number of aryl methyl sites for hydroxylation is 1. The summed E-state index contributed by atoms with van der Waals surface area (Å²) >= 11 is 0. The van der Waals surface area contributed by atoms with Crippen LogP contribution in [-0.4, -0.2) is 32.0 Å². The van der Waals surface area contributed by atoms with Gasteiger partial charge in [-0.15, -0.1) is 0 Å². The molecule has 0 amide bonds. The second kappa shape index (κ2) is 7.59. The van der Waals surface area contributed by atoms with Gasteiger partial charge in [0.15, 0.2) is 16.6 Å². The summed E-state index contributed by atoms with van der Waals surface area (Å²) in [7, 11) is -6.62. The lowest BCUT2D eigenvalue weighted by molar-refractivity contribution is 0.185. The highest BCUT2D eigenvalue weighted by Crippen LogP contribution is 2.23. The van der Waals surface area contributed by atoms with Gasteiger partial charge in [-0.2, -0.15) is 0 Å². The third kappa shape index (κ3) is 6.13. The molecule has 0 N–H and O–H groups in total. The van der Waals surface area contributed by atoms with Gasteiger partial charge in [-0.3, -0.25) is 0 Å². The van der Waals surface area contributed by atoms with Crippen LogP contribution in [0, 0.1) is 6.92 Å². The largest absolute Gasteiger partial charge is 0.516 e. The highest BCUT2D eigenvalue weighted by molar-refractivity contribution is 6.91. The molecule has 1 aromatic rings. The molecule has 0 aliphatic carbocycles. The molecule has 1 aromatic carbocycles. The van der Waals surface area contributed by atoms with E-state index < -0.39 is 25.4 Å². The van der Waals surface area contributed by atoms with E-state index in [2.05, 4.69) is 71.0 Å². The maximum Gasteiger partial charge on any atom is 0.516 e. The Hall–Kier alpha value is -0.509. The van der Waals surface area contributed by atoms with Crippen LogP contribution in [-0.2, 0) is 12.7 Å². The van der Waals surface area contributed by atoms with Crippen LogP contribution >= 0.6 is 0 Å². The lowest BCUT2D eigenvalue weighted by Crippen LogP contribution is -2.65. The highest BCUT2D eigenvalue weighted by atomic mass is 28.5. The minimum atomic E-state index is -2.93. The van der Waals surface area contributed by atoms with Crippen molar-refractivity contribution in [3.05, 3.63) is 35.9 Å². The van der Waals surface area contributed by atoms with Gasteiger partial charge in [0.05, 0.1) is 0 Å². The zero-order valence-corrected chi connectivity index (χ0v) is 18.9. The molecule has 1 rings (SSSR count). The molecule has 0 fully saturated rings. The monoisotopic (exact) mass is 368 g/mol. The summed E-state index contributed by atoms with van der Waals surface area (Å²) in [6.45, 7) is 21.7. The Morgan fingerprint density at radius 1 is 1.00 bits per heavy atom. The third-order valence-corrected chi connectivity index (χ3v) is 12.0. The molecular formula is C17H32O3Si3. The number of benzene rings is 1. The summed E-state index contributed by atoms with van der Waals surface area (Å²) in [5.41, 5.74) is 2.26. The van der Waals surface area contributed by atoms with Crippen molar-refractivity contribution < 1.29 is 12.7 Å². The van der Waals surface area contributed by atoms with Gasteiger partial charge in [0.2, 0.25) is 0 Å². The Balaban J connectivity index is 3.49. The summed E-state index contributed by atoms with van der Waals surface area (Å²) in [4.78, 5) is 0. The molecule has 0 unspecified atom stereocenters. The summed E-state index contributed by atoms with van der Waals surface area (Å²) in [5.74, 6) is 0. The van der Waals surface area contributed by atoms with Crippen LogP contribution in [0.1, 0.15) is 18.1 Å². The van der Waals surface area contributed by atoms with Crippen LogP contribution in [0.2, 0.25) is 39.3 Å². The van der Waals surface area contributed by atoms with Crippen LogP contribution in [0.4, 0.5) is 0 Å². The van der Waals surface area contributed by atoms with Crippen molar-refractivity contribution in [2.24, 2.45) is 0 Å². The molecule has 0 heterocycles. The fourth-order valence-electron chi connectivity index (χ4n) is 2.42. The second-order valence-electron chi connectivity index (χ2n) is 7.70. The Labute approximate surface area is 145 Å². The van der Waals surface area contributed by atoms with Crippen molar-refractivity contribution in [1.82, 2.24) is 0 Å². The second-order valence-corrected chi connectivity index (χ2v) is 19.7. The quantitative estimate of drug-likeness (QED) is 0.631. The lowest BCUT2D eigenvalue weighted by atomic mass is 10.1. The topological polar surface area (TPSA) is 27.7 Å². The van der Waals surface area contributed by atoms with E-state index in [1.165, 1.54) is 0 Å². The Morgan fingerprint density at radius 3 is 1.87 bits per heavy atom.